The molecule has 0 saturated heterocycles. The number of halogens is 3. The molecule has 0 radical (unpaired) electrons. The van der Waals surface area contributed by atoms with Gasteiger partial charge in [-0.1, -0.05) is 23.2 Å². The van der Waals surface area contributed by atoms with Crippen LogP contribution in [0.3, 0.4) is 0 Å². The van der Waals surface area contributed by atoms with Crippen LogP contribution in [0.4, 0.5) is 0 Å². The van der Waals surface area contributed by atoms with E-state index in [1.807, 2.05) is 0 Å². The average molecular weight is 340 g/mol. The summed E-state index contributed by atoms with van der Waals surface area (Å²) in [5.74, 6) is 0. The molecule has 1 N–H and O–H groups in total. The third-order valence-electron chi connectivity index (χ3n) is 2.18. The van der Waals surface area contributed by atoms with Crippen molar-refractivity contribution < 1.29 is 9.84 Å². The summed E-state index contributed by atoms with van der Waals surface area (Å²) in [6, 6.07) is 3.41. The minimum Gasteiger partial charge on any atom is -0.394 e. The van der Waals surface area contributed by atoms with E-state index in [-0.39, 0.29) is 19.9 Å². The van der Waals surface area contributed by atoms with Gasteiger partial charge in [0, 0.05) is 5.02 Å². The Balaban J connectivity index is 2.43. The van der Waals surface area contributed by atoms with Crippen molar-refractivity contribution in [1.29, 1.82) is 0 Å². The third kappa shape index (κ3) is 2.74. The summed E-state index contributed by atoms with van der Waals surface area (Å²) in [5.41, 5.74) is 1.45. The van der Waals surface area contributed by atoms with Crippen molar-refractivity contribution >= 4 is 50.2 Å². The molecule has 1 aromatic carbocycles. The van der Waals surface area contributed by atoms with Crippen LogP contribution in [0.1, 0.15) is 0 Å². The van der Waals surface area contributed by atoms with E-state index < -0.39 is 0 Å². The third-order valence-corrected chi connectivity index (χ3v) is 3.29. The second kappa shape index (κ2) is 5.54. The van der Waals surface area contributed by atoms with Crippen LogP contribution in [0, 0.1) is 0 Å². The van der Waals surface area contributed by atoms with Crippen molar-refractivity contribution in [2.75, 3.05) is 13.2 Å². The molecule has 92 valence electrons. The normalized spacial score (nSPS) is 11.3. The lowest BCUT2D eigenvalue weighted by molar-refractivity contribution is 0.0491. The van der Waals surface area contributed by atoms with Crippen molar-refractivity contribution in [2.24, 2.45) is 0 Å². The van der Waals surface area contributed by atoms with Crippen molar-refractivity contribution in [3.63, 3.8) is 0 Å². The van der Waals surface area contributed by atoms with Gasteiger partial charge in [0.15, 0.2) is 4.73 Å². The molecule has 1 aromatic heterocycles. The summed E-state index contributed by atoms with van der Waals surface area (Å²) in [5, 5.41) is 9.70. The molecule has 0 aliphatic rings. The highest BCUT2D eigenvalue weighted by atomic mass is 79.9. The van der Waals surface area contributed by atoms with E-state index in [1.165, 1.54) is 0 Å². The molecule has 4 nitrogen and oxygen atoms in total. The van der Waals surface area contributed by atoms with Crippen LogP contribution in [-0.4, -0.2) is 27.9 Å². The minimum absolute atomic E-state index is 0.0221. The Morgan fingerprint density at radius 1 is 1.41 bits per heavy atom. The summed E-state index contributed by atoms with van der Waals surface area (Å²) in [4.78, 5) is 4.28. The summed E-state index contributed by atoms with van der Waals surface area (Å²) < 4.78 is 7.64. The van der Waals surface area contributed by atoms with E-state index in [2.05, 4.69) is 20.9 Å². The van der Waals surface area contributed by atoms with Crippen LogP contribution < -0.4 is 0 Å². The zero-order chi connectivity index (χ0) is 12.4. The number of aliphatic hydroxyl groups excluding tert-OH is 1. The fourth-order valence-corrected chi connectivity index (χ4v) is 2.46. The number of hydrogen-bond acceptors (Lipinski definition) is 3. The first-order valence-electron chi connectivity index (χ1n) is 4.83. The topological polar surface area (TPSA) is 47.3 Å². The summed E-state index contributed by atoms with van der Waals surface area (Å²) in [6.07, 6.45) is 0. The maximum absolute atomic E-state index is 8.66. The Hall–Kier alpha value is -0.330. The number of fused-ring (bicyclic) bond motifs is 1. The molecular weight excluding hydrogens is 331 g/mol. The van der Waals surface area contributed by atoms with Crippen LogP contribution in [0.2, 0.25) is 10.0 Å². The number of ether oxygens (including phenoxy) is 1. The highest BCUT2D eigenvalue weighted by Gasteiger charge is 2.12. The van der Waals surface area contributed by atoms with E-state index in [4.69, 9.17) is 33.0 Å². The molecule has 0 aliphatic heterocycles. The van der Waals surface area contributed by atoms with Gasteiger partial charge in [-0.15, -0.1) is 0 Å². The van der Waals surface area contributed by atoms with Crippen LogP contribution in [0.15, 0.2) is 16.9 Å². The summed E-state index contributed by atoms with van der Waals surface area (Å²) in [6.45, 7) is 0.514. The lowest BCUT2D eigenvalue weighted by atomic mass is 10.3. The Bertz CT molecular complexity index is 545. The van der Waals surface area contributed by atoms with Crippen LogP contribution in [0.5, 0.6) is 0 Å². The maximum Gasteiger partial charge on any atom is 0.180 e. The number of hydrogen-bond donors (Lipinski definition) is 1. The summed E-state index contributed by atoms with van der Waals surface area (Å²) in [7, 11) is 0. The molecule has 17 heavy (non-hydrogen) atoms. The smallest absolute Gasteiger partial charge is 0.180 e. The minimum atomic E-state index is -0.0221. The highest BCUT2D eigenvalue weighted by Crippen LogP contribution is 2.29. The standard InChI is InChI=1S/C10H9BrCl2N2O2/c11-10-14-9-7(13)3-6(12)4-8(9)15(10)5-17-2-1-16/h3-4,16H,1-2,5H2. The molecule has 0 amide bonds. The van der Waals surface area contributed by atoms with E-state index >= 15 is 0 Å². The molecule has 7 heteroatoms. The maximum atomic E-state index is 8.66. The van der Waals surface area contributed by atoms with Gasteiger partial charge in [-0.3, -0.25) is 4.57 Å². The quantitative estimate of drug-likeness (QED) is 0.871. The van der Waals surface area contributed by atoms with Gasteiger partial charge in [0.1, 0.15) is 12.2 Å². The highest BCUT2D eigenvalue weighted by molar-refractivity contribution is 9.10. The molecule has 0 saturated carbocycles. The molecule has 0 bridgehead atoms. The number of benzene rings is 1. The molecule has 0 spiro atoms. The zero-order valence-corrected chi connectivity index (χ0v) is 11.8. The molecule has 0 aliphatic carbocycles. The van der Waals surface area contributed by atoms with Gasteiger partial charge in [-0.25, -0.2) is 4.98 Å². The second-order valence-electron chi connectivity index (χ2n) is 3.33. The van der Waals surface area contributed by atoms with Gasteiger partial charge < -0.3 is 9.84 Å². The first kappa shape index (κ1) is 13.1. The lowest BCUT2D eigenvalue weighted by Gasteiger charge is -2.06. The molecular formula is C10H9BrCl2N2O2. The molecule has 1 heterocycles. The first-order valence-corrected chi connectivity index (χ1v) is 6.37. The predicted molar refractivity (Wildman–Crippen MR) is 70.5 cm³/mol. The van der Waals surface area contributed by atoms with Crippen molar-refractivity contribution in [3.05, 3.63) is 26.9 Å². The molecule has 0 fully saturated rings. The fourth-order valence-electron chi connectivity index (χ4n) is 1.46. The van der Waals surface area contributed by atoms with Gasteiger partial charge in [0.2, 0.25) is 0 Å². The van der Waals surface area contributed by atoms with Crippen LogP contribution in [-0.2, 0) is 11.5 Å². The van der Waals surface area contributed by atoms with Gasteiger partial charge in [0.25, 0.3) is 0 Å². The SMILES string of the molecule is OCCOCn1c(Br)nc2c(Cl)cc(Cl)cc21. The van der Waals surface area contributed by atoms with Crippen molar-refractivity contribution in [1.82, 2.24) is 9.55 Å². The van der Waals surface area contributed by atoms with Crippen molar-refractivity contribution in [3.8, 4) is 0 Å². The molecule has 0 atom stereocenters. The van der Waals surface area contributed by atoms with Gasteiger partial charge in [-0.2, -0.15) is 0 Å². The number of aliphatic hydroxyl groups is 1. The number of imidazole rings is 1. The predicted octanol–water partition coefficient (Wildman–Crippen LogP) is 3.07. The molecule has 0 unspecified atom stereocenters. The fraction of sp³-hybridized carbons (Fsp3) is 0.300. The number of rotatable bonds is 4. The van der Waals surface area contributed by atoms with Crippen LogP contribution >= 0.6 is 39.1 Å². The second-order valence-corrected chi connectivity index (χ2v) is 4.88. The number of aromatic nitrogens is 2. The Morgan fingerprint density at radius 2 is 2.18 bits per heavy atom. The van der Waals surface area contributed by atoms with Gasteiger partial charge >= 0.3 is 0 Å². The zero-order valence-electron chi connectivity index (χ0n) is 8.66. The van der Waals surface area contributed by atoms with E-state index in [1.54, 1.807) is 16.7 Å². The molecule has 2 rings (SSSR count). The lowest BCUT2D eigenvalue weighted by Crippen LogP contribution is -2.06. The Morgan fingerprint density at radius 3 is 2.88 bits per heavy atom. The Kier molecular flexibility index (Phi) is 4.27. The van der Waals surface area contributed by atoms with E-state index in [0.29, 0.717) is 20.3 Å². The monoisotopic (exact) mass is 338 g/mol. The first-order chi connectivity index (χ1) is 8.13. The van der Waals surface area contributed by atoms with Crippen LogP contribution in [0.25, 0.3) is 11.0 Å². The summed E-state index contributed by atoms with van der Waals surface area (Å²) >= 11 is 15.3. The van der Waals surface area contributed by atoms with E-state index in [0.717, 1.165) is 5.52 Å². The van der Waals surface area contributed by atoms with Gasteiger partial charge in [-0.05, 0) is 28.1 Å². The van der Waals surface area contributed by atoms with Gasteiger partial charge in [0.05, 0.1) is 23.8 Å². The molecule has 2 aromatic rings. The largest absolute Gasteiger partial charge is 0.394 e. The Labute approximate surface area is 116 Å². The van der Waals surface area contributed by atoms with Crippen molar-refractivity contribution in [2.45, 2.75) is 6.73 Å². The average Bonchev–Trinajstić information content (AvgIpc) is 2.57. The number of nitrogens with zero attached hydrogens (tertiary/aromatic N) is 2. The van der Waals surface area contributed by atoms with E-state index in [9.17, 15) is 0 Å².